The molecule has 2 aliphatic carbocycles. The van der Waals surface area contributed by atoms with Gasteiger partial charge in [0.05, 0.1) is 0 Å². The van der Waals surface area contributed by atoms with Gasteiger partial charge < -0.3 is 5.32 Å². The summed E-state index contributed by atoms with van der Waals surface area (Å²) in [7, 11) is 0. The van der Waals surface area contributed by atoms with Crippen molar-refractivity contribution in [2.24, 2.45) is 23.7 Å². The van der Waals surface area contributed by atoms with E-state index >= 15 is 0 Å². The van der Waals surface area contributed by atoms with E-state index in [1.54, 1.807) is 0 Å². The number of carbonyl (C=O) groups is 1. The van der Waals surface area contributed by atoms with Gasteiger partial charge in [-0.25, -0.2) is 0 Å². The largest absolute Gasteiger partial charge is 0.353 e. The first-order valence-electron chi connectivity index (χ1n) is 7.38. The maximum absolute atomic E-state index is 12.1. The molecular weight excluding hydrogens is 210 g/mol. The van der Waals surface area contributed by atoms with Crippen molar-refractivity contribution < 1.29 is 4.79 Å². The molecule has 2 heteroatoms. The van der Waals surface area contributed by atoms with Crippen molar-refractivity contribution >= 4 is 5.91 Å². The Morgan fingerprint density at radius 3 is 2.41 bits per heavy atom. The van der Waals surface area contributed by atoms with Crippen molar-refractivity contribution in [2.75, 3.05) is 0 Å². The van der Waals surface area contributed by atoms with E-state index in [4.69, 9.17) is 0 Å². The van der Waals surface area contributed by atoms with Gasteiger partial charge in [0.15, 0.2) is 0 Å². The lowest BCUT2D eigenvalue weighted by atomic mass is 9.73. The summed E-state index contributed by atoms with van der Waals surface area (Å²) in [6, 6.07) is 0.437. The summed E-state index contributed by atoms with van der Waals surface area (Å²) in [5, 5.41) is 3.34. The summed E-state index contributed by atoms with van der Waals surface area (Å²) in [5.41, 5.74) is 0. The Kier molecular flexibility index (Phi) is 4.11. The predicted molar refractivity (Wildman–Crippen MR) is 70.6 cm³/mol. The fourth-order valence-corrected chi connectivity index (χ4v) is 3.34. The Bertz CT molecular complexity index is 270. The molecule has 0 radical (unpaired) electrons. The maximum atomic E-state index is 12.1. The molecule has 2 nitrogen and oxygen atoms in total. The number of hydrogen-bond donors (Lipinski definition) is 1. The van der Waals surface area contributed by atoms with Gasteiger partial charge in [-0.15, -0.1) is 0 Å². The normalized spacial score (nSPS) is 34.5. The zero-order chi connectivity index (χ0) is 12.4. The zero-order valence-corrected chi connectivity index (χ0v) is 11.5. The van der Waals surface area contributed by atoms with E-state index in [-0.39, 0.29) is 0 Å². The van der Waals surface area contributed by atoms with Crippen LogP contribution in [0.4, 0.5) is 0 Å². The van der Waals surface area contributed by atoms with E-state index in [9.17, 15) is 4.79 Å². The van der Waals surface area contributed by atoms with Crippen LogP contribution in [0.15, 0.2) is 0 Å². The number of carbonyl (C=O) groups excluding carboxylic acids is 1. The van der Waals surface area contributed by atoms with Gasteiger partial charge >= 0.3 is 0 Å². The molecule has 2 saturated carbocycles. The summed E-state index contributed by atoms with van der Waals surface area (Å²) >= 11 is 0. The molecule has 0 aromatic heterocycles. The quantitative estimate of drug-likeness (QED) is 0.801. The van der Waals surface area contributed by atoms with Crippen LogP contribution in [0.3, 0.4) is 0 Å². The van der Waals surface area contributed by atoms with Crippen LogP contribution in [-0.2, 0) is 4.79 Å². The third-order valence-electron chi connectivity index (χ3n) is 4.83. The first-order chi connectivity index (χ1) is 8.08. The molecule has 0 aromatic rings. The van der Waals surface area contributed by atoms with E-state index in [1.165, 1.54) is 25.7 Å². The summed E-state index contributed by atoms with van der Waals surface area (Å²) in [5.74, 6) is 2.82. The van der Waals surface area contributed by atoms with Gasteiger partial charge in [-0.2, -0.15) is 0 Å². The summed E-state index contributed by atoms with van der Waals surface area (Å²) in [6.45, 7) is 6.91. The Hall–Kier alpha value is -0.530. The molecule has 1 N–H and O–H groups in total. The number of nitrogens with one attached hydrogen (secondary N) is 1. The average molecular weight is 237 g/mol. The third kappa shape index (κ3) is 3.02. The van der Waals surface area contributed by atoms with Crippen LogP contribution in [-0.4, -0.2) is 11.9 Å². The topological polar surface area (TPSA) is 29.1 Å². The number of amides is 1. The molecule has 3 atom stereocenters. The standard InChI is InChI=1S/C15H27NO/c1-10(2)13-8-7-11(3)9-14(13)16-15(17)12-5-4-6-12/h10-14H,4-9H2,1-3H3,(H,16,17)/t11-,13+,14-/m1/s1. The summed E-state index contributed by atoms with van der Waals surface area (Å²) < 4.78 is 0. The molecule has 0 unspecified atom stereocenters. The molecule has 2 fully saturated rings. The predicted octanol–water partition coefficient (Wildman–Crippen LogP) is 3.36. The van der Waals surface area contributed by atoms with Crippen LogP contribution < -0.4 is 5.32 Å². The Labute approximate surface area is 106 Å². The second-order valence-corrected chi connectivity index (χ2v) is 6.57. The van der Waals surface area contributed by atoms with Crippen molar-refractivity contribution in [3.05, 3.63) is 0 Å². The van der Waals surface area contributed by atoms with Gasteiger partial charge in [0, 0.05) is 12.0 Å². The highest BCUT2D eigenvalue weighted by molar-refractivity contribution is 5.79. The molecule has 2 rings (SSSR count). The minimum atomic E-state index is 0.333. The smallest absolute Gasteiger partial charge is 0.223 e. The molecule has 0 bridgehead atoms. The third-order valence-corrected chi connectivity index (χ3v) is 4.83. The van der Waals surface area contributed by atoms with Crippen LogP contribution in [0.2, 0.25) is 0 Å². The minimum Gasteiger partial charge on any atom is -0.353 e. The van der Waals surface area contributed by atoms with E-state index in [2.05, 4.69) is 26.1 Å². The number of hydrogen-bond acceptors (Lipinski definition) is 1. The molecule has 98 valence electrons. The van der Waals surface area contributed by atoms with Gasteiger partial charge in [0.2, 0.25) is 5.91 Å². The van der Waals surface area contributed by atoms with Crippen LogP contribution in [0.5, 0.6) is 0 Å². The molecular formula is C15H27NO. The van der Waals surface area contributed by atoms with Gasteiger partial charge in [0.1, 0.15) is 0 Å². The lowest BCUT2D eigenvalue weighted by molar-refractivity contribution is -0.129. The molecule has 17 heavy (non-hydrogen) atoms. The van der Waals surface area contributed by atoms with Crippen LogP contribution >= 0.6 is 0 Å². The Morgan fingerprint density at radius 1 is 1.18 bits per heavy atom. The van der Waals surface area contributed by atoms with Crippen molar-refractivity contribution in [3.8, 4) is 0 Å². The molecule has 1 amide bonds. The number of rotatable bonds is 3. The monoisotopic (exact) mass is 237 g/mol. The first-order valence-corrected chi connectivity index (χ1v) is 7.38. The van der Waals surface area contributed by atoms with Crippen molar-refractivity contribution in [2.45, 2.75) is 65.3 Å². The molecule has 0 heterocycles. The molecule has 0 spiro atoms. The SMILES string of the molecule is CC(C)[C@@H]1CC[C@@H](C)C[C@H]1NC(=O)C1CCC1. The van der Waals surface area contributed by atoms with Crippen molar-refractivity contribution in [3.63, 3.8) is 0 Å². The second kappa shape index (κ2) is 5.41. The van der Waals surface area contributed by atoms with E-state index in [1.807, 2.05) is 0 Å². The summed E-state index contributed by atoms with van der Waals surface area (Å²) in [4.78, 5) is 12.1. The van der Waals surface area contributed by atoms with Crippen LogP contribution in [0, 0.1) is 23.7 Å². The Balaban J connectivity index is 1.92. The zero-order valence-electron chi connectivity index (χ0n) is 11.5. The van der Waals surface area contributed by atoms with E-state index < -0.39 is 0 Å². The van der Waals surface area contributed by atoms with E-state index in [0.717, 1.165) is 18.8 Å². The Morgan fingerprint density at radius 2 is 1.88 bits per heavy atom. The van der Waals surface area contributed by atoms with Crippen LogP contribution in [0.25, 0.3) is 0 Å². The highest BCUT2D eigenvalue weighted by atomic mass is 16.2. The van der Waals surface area contributed by atoms with Gasteiger partial charge in [-0.05, 0) is 43.4 Å². The minimum absolute atomic E-state index is 0.333. The highest BCUT2D eigenvalue weighted by Crippen LogP contribution is 2.34. The second-order valence-electron chi connectivity index (χ2n) is 6.57. The van der Waals surface area contributed by atoms with Crippen molar-refractivity contribution in [1.29, 1.82) is 0 Å². The van der Waals surface area contributed by atoms with Crippen molar-refractivity contribution in [1.82, 2.24) is 5.32 Å². The first kappa shape index (κ1) is 12.9. The molecule has 2 aliphatic rings. The average Bonchev–Trinajstić information content (AvgIpc) is 2.13. The van der Waals surface area contributed by atoms with Gasteiger partial charge in [-0.3, -0.25) is 4.79 Å². The van der Waals surface area contributed by atoms with Gasteiger partial charge in [0.25, 0.3) is 0 Å². The molecule has 0 aliphatic heterocycles. The fraction of sp³-hybridized carbons (Fsp3) is 0.933. The maximum Gasteiger partial charge on any atom is 0.223 e. The fourth-order valence-electron chi connectivity index (χ4n) is 3.34. The molecule has 0 aromatic carbocycles. The van der Waals surface area contributed by atoms with Gasteiger partial charge in [-0.1, -0.05) is 33.6 Å². The van der Waals surface area contributed by atoms with Crippen LogP contribution in [0.1, 0.15) is 59.3 Å². The molecule has 0 saturated heterocycles. The summed E-state index contributed by atoms with van der Waals surface area (Å²) in [6.07, 6.45) is 7.27. The van der Waals surface area contributed by atoms with E-state index in [0.29, 0.717) is 29.7 Å². The highest BCUT2D eigenvalue weighted by Gasteiger charge is 2.34. The lowest BCUT2D eigenvalue weighted by Gasteiger charge is -2.39. The lowest BCUT2D eigenvalue weighted by Crippen LogP contribution is -2.48.